The molecule has 1 heterocycles. The molecule has 0 saturated carbocycles. The third-order valence-electron chi connectivity index (χ3n) is 2.76. The summed E-state index contributed by atoms with van der Waals surface area (Å²) in [5.41, 5.74) is 1.02. The maximum Gasteiger partial charge on any atom is 0.263 e. The number of hydrogen-bond donors (Lipinski definition) is 2. The van der Waals surface area contributed by atoms with Crippen molar-refractivity contribution in [1.29, 1.82) is 0 Å². The molecule has 0 atom stereocenters. The highest BCUT2D eigenvalue weighted by Crippen LogP contribution is 2.23. The number of aliphatic hydroxyl groups is 1. The monoisotopic (exact) mass is 390 g/mol. The maximum atomic E-state index is 12.3. The summed E-state index contributed by atoms with van der Waals surface area (Å²) in [6.07, 6.45) is 0. The van der Waals surface area contributed by atoms with E-state index in [0.29, 0.717) is 16.3 Å². The average Bonchev–Trinajstić information content (AvgIpc) is 2.43. The fraction of sp³-hybridized carbons (Fsp3) is 0.154. The van der Waals surface area contributed by atoms with Gasteiger partial charge < -0.3 is 5.11 Å². The van der Waals surface area contributed by atoms with Gasteiger partial charge in [-0.2, -0.15) is 0 Å². The summed E-state index contributed by atoms with van der Waals surface area (Å²) < 4.78 is 27.8. The van der Waals surface area contributed by atoms with Gasteiger partial charge in [0.1, 0.15) is 5.82 Å². The van der Waals surface area contributed by atoms with E-state index >= 15 is 0 Å². The van der Waals surface area contributed by atoms with Crippen molar-refractivity contribution in [3.63, 3.8) is 0 Å². The van der Waals surface area contributed by atoms with Crippen LogP contribution in [0.4, 0.5) is 5.82 Å². The van der Waals surface area contributed by atoms with Gasteiger partial charge >= 0.3 is 0 Å². The van der Waals surface area contributed by atoms with Gasteiger partial charge in [0.2, 0.25) is 0 Å². The van der Waals surface area contributed by atoms with Crippen LogP contribution in [0.2, 0.25) is 5.02 Å². The second-order valence-corrected chi connectivity index (χ2v) is 7.22. The summed E-state index contributed by atoms with van der Waals surface area (Å²) in [6, 6.07) is 7.40. The largest absolute Gasteiger partial charge is 0.392 e. The van der Waals surface area contributed by atoms with Crippen molar-refractivity contribution in [3.8, 4) is 0 Å². The van der Waals surface area contributed by atoms with Crippen LogP contribution < -0.4 is 4.72 Å². The topological polar surface area (TPSA) is 79.3 Å². The lowest BCUT2D eigenvalue weighted by molar-refractivity contribution is 0.281. The van der Waals surface area contributed by atoms with Crippen molar-refractivity contribution in [2.75, 3.05) is 4.72 Å². The molecule has 8 heteroatoms. The first-order valence-electron chi connectivity index (χ1n) is 5.89. The molecule has 5 nitrogen and oxygen atoms in total. The lowest BCUT2D eigenvalue weighted by atomic mass is 10.2. The van der Waals surface area contributed by atoms with Crippen molar-refractivity contribution in [3.05, 3.63) is 51.1 Å². The fourth-order valence-corrected chi connectivity index (χ4v) is 3.09. The Balaban J connectivity index is 2.35. The van der Waals surface area contributed by atoms with Crippen LogP contribution in [-0.2, 0) is 16.6 Å². The number of sulfonamides is 1. The third kappa shape index (κ3) is 3.74. The SMILES string of the molecule is Cc1nc(NS(=O)(=O)c2ccc(Cl)c(CO)c2)ccc1Br. The van der Waals surface area contributed by atoms with Gasteiger partial charge in [-0.15, -0.1) is 0 Å². The second kappa shape index (κ2) is 6.31. The number of nitrogens with zero attached hydrogens (tertiary/aromatic N) is 1. The molecule has 0 aliphatic carbocycles. The summed E-state index contributed by atoms with van der Waals surface area (Å²) in [7, 11) is -3.79. The van der Waals surface area contributed by atoms with E-state index in [4.69, 9.17) is 16.7 Å². The molecule has 0 aliphatic heterocycles. The summed E-state index contributed by atoms with van der Waals surface area (Å²) in [4.78, 5) is 4.14. The molecular formula is C13H12BrClN2O3S. The lowest BCUT2D eigenvalue weighted by Gasteiger charge is -2.10. The van der Waals surface area contributed by atoms with Crippen molar-refractivity contribution in [1.82, 2.24) is 4.98 Å². The smallest absolute Gasteiger partial charge is 0.263 e. The van der Waals surface area contributed by atoms with Crippen LogP contribution in [0.15, 0.2) is 39.7 Å². The van der Waals surface area contributed by atoms with E-state index in [9.17, 15) is 8.42 Å². The molecule has 0 amide bonds. The van der Waals surface area contributed by atoms with Gasteiger partial charge in [-0.05, 0) is 58.7 Å². The van der Waals surface area contributed by atoms with Crippen LogP contribution in [0.1, 0.15) is 11.3 Å². The van der Waals surface area contributed by atoms with E-state index in [1.165, 1.54) is 18.2 Å². The van der Waals surface area contributed by atoms with Crippen LogP contribution in [0.5, 0.6) is 0 Å². The lowest BCUT2D eigenvalue weighted by Crippen LogP contribution is -2.14. The van der Waals surface area contributed by atoms with Crippen LogP contribution in [0.25, 0.3) is 0 Å². The Hall–Kier alpha value is -1.15. The molecule has 112 valence electrons. The molecule has 21 heavy (non-hydrogen) atoms. The predicted molar refractivity (Wildman–Crippen MR) is 84.9 cm³/mol. The summed E-state index contributed by atoms with van der Waals surface area (Å²) in [5, 5.41) is 9.46. The first kappa shape index (κ1) is 16.2. The molecule has 2 rings (SSSR count). The van der Waals surface area contributed by atoms with Crippen molar-refractivity contribution in [2.45, 2.75) is 18.4 Å². The molecule has 0 aliphatic rings. The molecule has 2 aromatic rings. The van der Waals surface area contributed by atoms with E-state index in [-0.39, 0.29) is 17.3 Å². The quantitative estimate of drug-likeness (QED) is 0.839. The van der Waals surface area contributed by atoms with Crippen LogP contribution >= 0.6 is 27.5 Å². The summed E-state index contributed by atoms with van der Waals surface area (Å²) in [6.45, 7) is 1.42. The third-order valence-corrected chi connectivity index (χ3v) is 5.32. The maximum absolute atomic E-state index is 12.3. The standard InChI is InChI=1S/C13H12BrClN2O3S/c1-8-11(14)3-5-13(16-8)17-21(19,20)10-2-4-12(15)9(6-10)7-18/h2-6,18H,7H2,1H3,(H,16,17). The number of hydrogen-bond acceptors (Lipinski definition) is 4. The van der Waals surface area contributed by atoms with Gasteiger partial charge in [0, 0.05) is 9.50 Å². The van der Waals surface area contributed by atoms with Gasteiger partial charge in [0.05, 0.1) is 17.2 Å². The fourth-order valence-electron chi connectivity index (χ4n) is 1.64. The molecule has 1 aromatic carbocycles. The number of nitrogens with one attached hydrogen (secondary N) is 1. The van der Waals surface area contributed by atoms with Gasteiger partial charge in [-0.25, -0.2) is 13.4 Å². The zero-order valence-corrected chi connectivity index (χ0v) is 14.1. The Morgan fingerprint density at radius 2 is 2.05 bits per heavy atom. The zero-order valence-electron chi connectivity index (χ0n) is 11.0. The number of aryl methyl sites for hydroxylation is 1. The minimum absolute atomic E-state index is 0.0123. The van der Waals surface area contributed by atoms with Crippen LogP contribution in [0.3, 0.4) is 0 Å². The van der Waals surface area contributed by atoms with Crippen LogP contribution in [0, 0.1) is 6.92 Å². The molecule has 1 aromatic heterocycles. The van der Waals surface area contributed by atoms with Gasteiger partial charge in [-0.3, -0.25) is 4.72 Å². The molecule has 0 bridgehead atoms. The van der Waals surface area contributed by atoms with Gasteiger partial charge in [0.25, 0.3) is 10.0 Å². The Kier molecular flexibility index (Phi) is 4.88. The Morgan fingerprint density at radius 1 is 1.33 bits per heavy atom. The molecular weight excluding hydrogens is 380 g/mol. The Labute approximate surface area is 136 Å². The second-order valence-electron chi connectivity index (χ2n) is 4.28. The van der Waals surface area contributed by atoms with Gasteiger partial charge in [-0.1, -0.05) is 11.6 Å². The van der Waals surface area contributed by atoms with Crippen molar-refractivity contribution in [2.24, 2.45) is 0 Å². The van der Waals surface area contributed by atoms with Gasteiger partial charge in [0.15, 0.2) is 0 Å². The minimum Gasteiger partial charge on any atom is -0.392 e. The van der Waals surface area contributed by atoms with Crippen molar-refractivity contribution >= 4 is 43.4 Å². The molecule has 0 saturated heterocycles. The number of halogens is 2. The molecule has 0 fully saturated rings. The average molecular weight is 392 g/mol. The number of anilines is 1. The Bertz CT molecular complexity index is 781. The number of rotatable bonds is 4. The van der Waals surface area contributed by atoms with Crippen LogP contribution in [-0.4, -0.2) is 18.5 Å². The number of benzene rings is 1. The van der Waals surface area contributed by atoms with E-state index in [1.807, 2.05) is 0 Å². The van der Waals surface area contributed by atoms with Crippen molar-refractivity contribution < 1.29 is 13.5 Å². The number of aliphatic hydroxyl groups excluding tert-OH is 1. The highest BCUT2D eigenvalue weighted by molar-refractivity contribution is 9.10. The predicted octanol–water partition coefficient (Wildman–Crippen LogP) is 3.10. The van der Waals surface area contributed by atoms with E-state index in [0.717, 1.165) is 4.47 Å². The highest BCUT2D eigenvalue weighted by Gasteiger charge is 2.16. The molecule has 0 spiro atoms. The number of aromatic nitrogens is 1. The summed E-state index contributed by atoms with van der Waals surface area (Å²) in [5.74, 6) is 0.219. The van der Waals surface area contributed by atoms with E-state index in [1.54, 1.807) is 19.1 Å². The minimum atomic E-state index is -3.79. The van der Waals surface area contributed by atoms with E-state index in [2.05, 4.69) is 25.6 Å². The molecule has 2 N–H and O–H groups in total. The summed E-state index contributed by atoms with van der Waals surface area (Å²) >= 11 is 9.15. The molecule has 0 unspecified atom stereocenters. The number of pyridine rings is 1. The molecule has 0 radical (unpaired) electrons. The van der Waals surface area contributed by atoms with E-state index < -0.39 is 10.0 Å². The highest BCUT2D eigenvalue weighted by atomic mass is 79.9. The Morgan fingerprint density at radius 3 is 2.67 bits per heavy atom. The zero-order chi connectivity index (χ0) is 15.6. The first-order chi connectivity index (χ1) is 9.83. The normalized spacial score (nSPS) is 11.4. The first-order valence-corrected chi connectivity index (χ1v) is 8.54.